The number of carbonyl (C=O) groups excluding carboxylic acids is 2. The van der Waals surface area contributed by atoms with Crippen LogP contribution in [0.25, 0.3) is 0 Å². The molecule has 0 aromatic rings. The average Bonchev–Trinajstić information content (AvgIpc) is 1.82. The van der Waals surface area contributed by atoms with Crippen LogP contribution in [0.3, 0.4) is 0 Å². The molecule has 0 rings (SSSR count). The van der Waals surface area contributed by atoms with Crippen molar-refractivity contribution in [2.24, 2.45) is 5.10 Å². The average molecular weight is 156 g/mol. The molecule has 1 N–H and O–H groups in total. The molecule has 0 saturated heterocycles. The van der Waals surface area contributed by atoms with E-state index in [1.165, 1.54) is 13.8 Å². The molecule has 1 amide bonds. The number of rotatable bonds is 3. The second-order valence-corrected chi connectivity index (χ2v) is 2.39. The zero-order chi connectivity index (χ0) is 8.85. The molecule has 0 aliphatic heterocycles. The van der Waals surface area contributed by atoms with Crippen LogP contribution in [0, 0.1) is 0 Å². The third kappa shape index (κ3) is 6.70. The lowest BCUT2D eigenvalue weighted by Gasteiger charge is -1.95. The van der Waals surface area contributed by atoms with Gasteiger partial charge < -0.3 is 0 Å². The Kier molecular flexibility index (Phi) is 4.10. The molecule has 0 aromatic heterocycles. The number of hydrogen-bond donors (Lipinski definition) is 1. The van der Waals surface area contributed by atoms with Crippen molar-refractivity contribution in [3.8, 4) is 0 Å². The number of hydrogen-bond acceptors (Lipinski definition) is 3. The Labute approximate surface area is 65.7 Å². The number of nitrogens with one attached hydrogen (secondary N) is 1. The lowest BCUT2D eigenvalue weighted by atomic mass is 10.2. The summed E-state index contributed by atoms with van der Waals surface area (Å²) >= 11 is 0. The monoisotopic (exact) mass is 156 g/mol. The minimum atomic E-state index is -0.229. The van der Waals surface area contributed by atoms with Crippen molar-refractivity contribution >= 4 is 17.4 Å². The van der Waals surface area contributed by atoms with Gasteiger partial charge in [-0.1, -0.05) is 0 Å². The summed E-state index contributed by atoms with van der Waals surface area (Å²) in [6, 6.07) is 0. The fourth-order valence-electron chi connectivity index (χ4n) is 0.574. The highest BCUT2D eigenvalue weighted by Gasteiger charge is 1.96. The van der Waals surface area contributed by atoms with Crippen LogP contribution < -0.4 is 5.43 Å². The van der Waals surface area contributed by atoms with Gasteiger partial charge in [-0.2, -0.15) is 5.10 Å². The SMILES string of the molecule is CC(=O)C/C(C)=N/NC(C)=O. The van der Waals surface area contributed by atoms with Gasteiger partial charge in [-0.05, 0) is 13.8 Å². The molecule has 0 radical (unpaired) electrons. The number of ketones is 1. The topological polar surface area (TPSA) is 58.5 Å². The fourth-order valence-corrected chi connectivity index (χ4v) is 0.574. The Morgan fingerprint density at radius 3 is 2.18 bits per heavy atom. The molecular formula is C7H12N2O2. The number of nitrogens with zero attached hydrogens (tertiary/aromatic N) is 1. The molecule has 0 aliphatic rings. The Hall–Kier alpha value is -1.19. The molecule has 0 saturated carbocycles. The van der Waals surface area contributed by atoms with Crippen molar-refractivity contribution < 1.29 is 9.59 Å². The molecular weight excluding hydrogens is 144 g/mol. The first kappa shape index (κ1) is 9.81. The molecule has 0 aliphatic carbocycles. The molecule has 4 heteroatoms. The Morgan fingerprint density at radius 2 is 1.82 bits per heavy atom. The predicted molar refractivity (Wildman–Crippen MR) is 42.2 cm³/mol. The molecule has 0 bridgehead atoms. The van der Waals surface area contributed by atoms with Crippen molar-refractivity contribution in [3.05, 3.63) is 0 Å². The Morgan fingerprint density at radius 1 is 1.27 bits per heavy atom. The van der Waals surface area contributed by atoms with Gasteiger partial charge in [0.1, 0.15) is 5.78 Å². The van der Waals surface area contributed by atoms with Gasteiger partial charge in [0.25, 0.3) is 0 Å². The Balaban J connectivity index is 3.81. The van der Waals surface area contributed by atoms with E-state index in [4.69, 9.17) is 0 Å². The van der Waals surface area contributed by atoms with E-state index in [9.17, 15) is 9.59 Å². The van der Waals surface area contributed by atoms with Crippen LogP contribution in [0.1, 0.15) is 27.2 Å². The van der Waals surface area contributed by atoms with Gasteiger partial charge in [-0.15, -0.1) is 0 Å². The zero-order valence-corrected chi connectivity index (χ0v) is 6.97. The molecule has 0 heterocycles. The summed E-state index contributed by atoms with van der Waals surface area (Å²) in [5, 5.41) is 3.66. The smallest absolute Gasteiger partial charge is 0.236 e. The summed E-state index contributed by atoms with van der Waals surface area (Å²) in [7, 11) is 0. The second kappa shape index (κ2) is 4.60. The molecule has 0 unspecified atom stereocenters. The van der Waals surface area contributed by atoms with Crippen LogP contribution in [0.5, 0.6) is 0 Å². The van der Waals surface area contributed by atoms with Crippen LogP contribution in [0.4, 0.5) is 0 Å². The first-order chi connectivity index (χ1) is 5.02. The summed E-state index contributed by atoms with van der Waals surface area (Å²) in [6.45, 7) is 4.54. The van der Waals surface area contributed by atoms with Gasteiger partial charge in [0.2, 0.25) is 5.91 Å². The van der Waals surface area contributed by atoms with E-state index in [1.807, 2.05) is 0 Å². The molecule has 0 atom stereocenters. The Bertz CT molecular complexity index is 197. The largest absolute Gasteiger partial charge is 0.300 e. The molecule has 0 fully saturated rings. The zero-order valence-electron chi connectivity index (χ0n) is 6.97. The highest BCUT2D eigenvalue weighted by Crippen LogP contribution is 1.85. The van der Waals surface area contributed by atoms with Crippen LogP contribution in [-0.4, -0.2) is 17.4 Å². The lowest BCUT2D eigenvalue weighted by molar-refractivity contribution is -0.119. The summed E-state index contributed by atoms with van der Waals surface area (Å²) in [6.07, 6.45) is 0.292. The summed E-state index contributed by atoms with van der Waals surface area (Å²) in [4.78, 5) is 20.8. The van der Waals surface area contributed by atoms with Crippen molar-refractivity contribution in [2.75, 3.05) is 0 Å². The van der Waals surface area contributed by atoms with E-state index in [0.717, 1.165) is 0 Å². The van der Waals surface area contributed by atoms with E-state index in [0.29, 0.717) is 12.1 Å². The predicted octanol–water partition coefficient (Wildman–Crippen LogP) is 0.478. The molecule has 0 aromatic carbocycles. The first-order valence-corrected chi connectivity index (χ1v) is 3.31. The van der Waals surface area contributed by atoms with Crippen molar-refractivity contribution in [1.29, 1.82) is 0 Å². The van der Waals surface area contributed by atoms with Gasteiger partial charge in [0.15, 0.2) is 0 Å². The van der Waals surface area contributed by atoms with Crippen molar-refractivity contribution in [1.82, 2.24) is 5.43 Å². The maximum absolute atomic E-state index is 10.5. The van der Waals surface area contributed by atoms with Crippen LogP contribution >= 0.6 is 0 Å². The first-order valence-electron chi connectivity index (χ1n) is 3.31. The lowest BCUT2D eigenvalue weighted by Crippen LogP contribution is -2.15. The van der Waals surface area contributed by atoms with E-state index in [2.05, 4.69) is 10.5 Å². The summed E-state index contributed by atoms with van der Waals surface area (Å²) in [5.41, 5.74) is 2.87. The third-order valence-electron chi connectivity index (χ3n) is 0.909. The maximum atomic E-state index is 10.5. The standard InChI is InChI=1S/C7H12N2O2/c1-5(4-6(2)10)8-9-7(3)11/h4H2,1-3H3,(H,9,11)/b8-5+. The van der Waals surface area contributed by atoms with Gasteiger partial charge >= 0.3 is 0 Å². The van der Waals surface area contributed by atoms with Gasteiger partial charge in [0, 0.05) is 19.1 Å². The number of Topliss-reactive ketones (excluding diaryl/α,β-unsaturated/α-hetero) is 1. The van der Waals surface area contributed by atoms with E-state index >= 15 is 0 Å². The van der Waals surface area contributed by atoms with Crippen LogP contribution in [0.15, 0.2) is 5.10 Å². The molecule has 62 valence electrons. The molecule has 4 nitrogen and oxygen atoms in total. The maximum Gasteiger partial charge on any atom is 0.236 e. The fraction of sp³-hybridized carbons (Fsp3) is 0.571. The quantitative estimate of drug-likeness (QED) is 0.477. The number of amides is 1. The second-order valence-electron chi connectivity index (χ2n) is 2.39. The van der Waals surface area contributed by atoms with E-state index in [1.54, 1.807) is 6.92 Å². The highest BCUT2D eigenvalue weighted by atomic mass is 16.2. The third-order valence-corrected chi connectivity index (χ3v) is 0.909. The summed E-state index contributed by atoms with van der Waals surface area (Å²) < 4.78 is 0. The van der Waals surface area contributed by atoms with Crippen molar-refractivity contribution in [3.63, 3.8) is 0 Å². The van der Waals surface area contributed by atoms with Crippen LogP contribution in [-0.2, 0) is 9.59 Å². The highest BCUT2D eigenvalue weighted by molar-refractivity contribution is 5.99. The number of carbonyl (C=O) groups is 2. The minimum Gasteiger partial charge on any atom is -0.300 e. The number of hydrazone groups is 1. The van der Waals surface area contributed by atoms with Crippen molar-refractivity contribution in [2.45, 2.75) is 27.2 Å². The minimum absolute atomic E-state index is 0.0385. The van der Waals surface area contributed by atoms with E-state index in [-0.39, 0.29) is 11.7 Å². The van der Waals surface area contributed by atoms with Gasteiger partial charge in [0.05, 0.1) is 0 Å². The van der Waals surface area contributed by atoms with Gasteiger partial charge in [-0.25, -0.2) is 5.43 Å². The summed E-state index contributed by atoms with van der Waals surface area (Å²) in [5.74, 6) is -0.190. The van der Waals surface area contributed by atoms with Crippen LogP contribution in [0.2, 0.25) is 0 Å². The van der Waals surface area contributed by atoms with Gasteiger partial charge in [-0.3, -0.25) is 9.59 Å². The van der Waals surface area contributed by atoms with E-state index < -0.39 is 0 Å². The molecule has 0 spiro atoms. The molecule has 11 heavy (non-hydrogen) atoms. The normalized spacial score (nSPS) is 11.0.